The van der Waals surface area contributed by atoms with Gasteiger partial charge in [-0.05, 0) is 23.9 Å². The van der Waals surface area contributed by atoms with Crippen LogP contribution in [-0.4, -0.2) is 33.5 Å². The number of methoxy groups -OCH3 is 1. The van der Waals surface area contributed by atoms with Gasteiger partial charge in [0.15, 0.2) is 0 Å². The molecule has 20 heavy (non-hydrogen) atoms. The summed E-state index contributed by atoms with van der Waals surface area (Å²) in [5.41, 5.74) is 1.14. The molecule has 0 radical (unpaired) electrons. The molecule has 0 saturated carbocycles. The average molecular weight is 338 g/mol. The Labute approximate surface area is 128 Å². The Morgan fingerprint density at radius 2 is 1.80 bits per heavy atom. The van der Waals surface area contributed by atoms with Crippen molar-refractivity contribution in [3.05, 3.63) is 40.9 Å². The first-order chi connectivity index (χ1) is 9.83. The average Bonchev–Trinajstić information content (AvgIpc) is 2.49. The first-order valence-electron chi connectivity index (χ1n) is 6.80. The summed E-state index contributed by atoms with van der Waals surface area (Å²) >= 11 is 3.58. The SMILES string of the molecule is COCCCOCCNc1ccc(Br)c2ccccc12. The van der Waals surface area contributed by atoms with E-state index in [-0.39, 0.29) is 0 Å². The van der Waals surface area contributed by atoms with Crippen molar-refractivity contribution in [2.24, 2.45) is 0 Å². The molecule has 2 aromatic carbocycles. The highest BCUT2D eigenvalue weighted by Crippen LogP contribution is 2.29. The highest BCUT2D eigenvalue weighted by Gasteiger charge is 2.03. The van der Waals surface area contributed by atoms with Gasteiger partial charge in [-0.15, -0.1) is 0 Å². The molecule has 2 rings (SSSR count). The lowest BCUT2D eigenvalue weighted by atomic mass is 10.1. The largest absolute Gasteiger partial charge is 0.385 e. The number of benzene rings is 2. The Morgan fingerprint density at radius 1 is 1.00 bits per heavy atom. The van der Waals surface area contributed by atoms with Crippen LogP contribution >= 0.6 is 15.9 Å². The number of hydrogen-bond acceptors (Lipinski definition) is 3. The number of halogens is 1. The van der Waals surface area contributed by atoms with Crippen LogP contribution in [0.1, 0.15) is 6.42 Å². The van der Waals surface area contributed by atoms with Crippen molar-refractivity contribution >= 4 is 32.4 Å². The molecule has 1 N–H and O–H groups in total. The molecular formula is C16H20BrNO2. The van der Waals surface area contributed by atoms with Gasteiger partial charge in [0.25, 0.3) is 0 Å². The third-order valence-corrected chi connectivity index (χ3v) is 3.76. The third-order valence-electron chi connectivity index (χ3n) is 3.07. The second-order valence-corrected chi connectivity index (χ2v) is 5.38. The lowest BCUT2D eigenvalue weighted by Gasteiger charge is -2.11. The van der Waals surface area contributed by atoms with Crippen LogP contribution in [0.15, 0.2) is 40.9 Å². The molecule has 0 spiro atoms. The lowest BCUT2D eigenvalue weighted by Crippen LogP contribution is -2.11. The van der Waals surface area contributed by atoms with Crippen LogP contribution in [0, 0.1) is 0 Å². The van der Waals surface area contributed by atoms with Crippen molar-refractivity contribution in [3.63, 3.8) is 0 Å². The number of nitrogens with one attached hydrogen (secondary N) is 1. The molecular weight excluding hydrogens is 318 g/mol. The Balaban J connectivity index is 1.86. The second kappa shape index (κ2) is 8.25. The number of ether oxygens (including phenoxy) is 2. The van der Waals surface area contributed by atoms with Gasteiger partial charge >= 0.3 is 0 Å². The molecule has 0 aliphatic rings. The molecule has 0 fully saturated rings. The first kappa shape index (κ1) is 15.3. The fourth-order valence-electron chi connectivity index (χ4n) is 2.08. The van der Waals surface area contributed by atoms with Crippen LogP contribution in [0.2, 0.25) is 0 Å². The molecule has 2 aromatic rings. The van der Waals surface area contributed by atoms with E-state index in [0.29, 0.717) is 6.61 Å². The summed E-state index contributed by atoms with van der Waals surface area (Å²) in [6.07, 6.45) is 0.942. The van der Waals surface area contributed by atoms with Crippen LogP contribution in [0.4, 0.5) is 5.69 Å². The topological polar surface area (TPSA) is 30.5 Å². The first-order valence-corrected chi connectivity index (χ1v) is 7.60. The zero-order valence-electron chi connectivity index (χ0n) is 11.7. The van der Waals surface area contributed by atoms with E-state index in [1.165, 1.54) is 10.8 Å². The Hall–Kier alpha value is -1.10. The second-order valence-electron chi connectivity index (χ2n) is 4.53. The third kappa shape index (κ3) is 4.20. The molecule has 0 aliphatic heterocycles. The highest BCUT2D eigenvalue weighted by molar-refractivity contribution is 9.10. The monoisotopic (exact) mass is 337 g/mol. The van der Waals surface area contributed by atoms with Gasteiger partial charge in [-0.2, -0.15) is 0 Å². The molecule has 0 aliphatic carbocycles. The van der Waals surface area contributed by atoms with Gasteiger partial charge < -0.3 is 14.8 Å². The van der Waals surface area contributed by atoms with Crippen LogP contribution < -0.4 is 5.32 Å². The standard InChI is InChI=1S/C16H20BrNO2/c1-19-10-4-11-20-12-9-18-16-8-7-15(17)13-5-2-3-6-14(13)16/h2-3,5-8,18H,4,9-12H2,1H3. The summed E-state index contributed by atoms with van der Waals surface area (Å²) in [6.45, 7) is 3.01. The van der Waals surface area contributed by atoms with Crippen molar-refractivity contribution in [3.8, 4) is 0 Å². The van der Waals surface area contributed by atoms with E-state index in [9.17, 15) is 0 Å². The maximum Gasteiger partial charge on any atom is 0.0639 e. The summed E-state index contributed by atoms with van der Waals surface area (Å²) in [4.78, 5) is 0. The molecule has 4 heteroatoms. The molecule has 0 unspecified atom stereocenters. The zero-order valence-corrected chi connectivity index (χ0v) is 13.3. The molecule has 0 bridgehead atoms. The highest BCUT2D eigenvalue weighted by atomic mass is 79.9. The quantitative estimate of drug-likeness (QED) is 0.736. The van der Waals surface area contributed by atoms with E-state index in [4.69, 9.17) is 9.47 Å². The van der Waals surface area contributed by atoms with Crippen molar-refractivity contribution in [2.45, 2.75) is 6.42 Å². The Bertz CT molecular complexity index is 545. The van der Waals surface area contributed by atoms with Crippen LogP contribution in [0.25, 0.3) is 10.8 Å². The van der Waals surface area contributed by atoms with Gasteiger partial charge in [0.05, 0.1) is 6.61 Å². The molecule has 0 aromatic heterocycles. The zero-order chi connectivity index (χ0) is 14.2. The van der Waals surface area contributed by atoms with Crippen LogP contribution in [-0.2, 0) is 9.47 Å². The summed E-state index contributed by atoms with van der Waals surface area (Å²) in [5.74, 6) is 0. The van der Waals surface area contributed by atoms with Crippen molar-refractivity contribution in [1.82, 2.24) is 0 Å². The van der Waals surface area contributed by atoms with E-state index in [2.05, 4.69) is 57.6 Å². The summed E-state index contributed by atoms with van der Waals surface area (Å²) in [6, 6.07) is 12.5. The summed E-state index contributed by atoms with van der Waals surface area (Å²) in [5, 5.41) is 5.87. The minimum absolute atomic E-state index is 0.702. The predicted octanol–water partition coefficient (Wildman–Crippen LogP) is 4.07. The summed E-state index contributed by atoms with van der Waals surface area (Å²) in [7, 11) is 1.71. The van der Waals surface area contributed by atoms with E-state index in [1.807, 2.05) is 0 Å². The minimum atomic E-state index is 0.702. The van der Waals surface area contributed by atoms with Gasteiger partial charge in [-0.1, -0.05) is 40.2 Å². The number of fused-ring (bicyclic) bond motifs is 1. The molecule has 108 valence electrons. The van der Waals surface area contributed by atoms with Gasteiger partial charge in [-0.25, -0.2) is 0 Å². The summed E-state index contributed by atoms with van der Waals surface area (Å²) < 4.78 is 11.6. The normalized spacial score (nSPS) is 10.9. The van der Waals surface area contributed by atoms with E-state index in [1.54, 1.807) is 7.11 Å². The van der Waals surface area contributed by atoms with Crippen LogP contribution in [0.5, 0.6) is 0 Å². The Morgan fingerprint density at radius 3 is 2.60 bits per heavy atom. The van der Waals surface area contributed by atoms with Gasteiger partial charge in [0.2, 0.25) is 0 Å². The number of anilines is 1. The van der Waals surface area contributed by atoms with E-state index >= 15 is 0 Å². The number of hydrogen-bond donors (Lipinski definition) is 1. The predicted molar refractivity (Wildman–Crippen MR) is 87.4 cm³/mol. The molecule has 0 saturated heterocycles. The van der Waals surface area contributed by atoms with Gasteiger partial charge in [-0.3, -0.25) is 0 Å². The molecule has 0 amide bonds. The Kier molecular flexibility index (Phi) is 6.30. The number of rotatable bonds is 8. The van der Waals surface area contributed by atoms with E-state index in [0.717, 1.165) is 36.3 Å². The lowest BCUT2D eigenvalue weighted by molar-refractivity contribution is 0.109. The minimum Gasteiger partial charge on any atom is -0.385 e. The smallest absolute Gasteiger partial charge is 0.0639 e. The maximum atomic E-state index is 5.54. The van der Waals surface area contributed by atoms with Crippen molar-refractivity contribution in [1.29, 1.82) is 0 Å². The maximum absolute atomic E-state index is 5.54. The van der Waals surface area contributed by atoms with Crippen molar-refractivity contribution in [2.75, 3.05) is 38.8 Å². The van der Waals surface area contributed by atoms with Crippen LogP contribution in [0.3, 0.4) is 0 Å². The van der Waals surface area contributed by atoms with Gasteiger partial charge in [0.1, 0.15) is 0 Å². The van der Waals surface area contributed by atoms with Crippen molar-refractivity contribution < 1.29 is 9.47 Å². The molecule has 3 nitrogen and oxygen atoms in total. The van der Waals surface area contributed by atoms with E-state index < -0.39 is 0 Å². The van der Waals surface area contributed by atoms with Gasteiger partial charge in [0, 0.05) is 42.4 Å². The molecule has 0 atom stereocenters. The molecule has 0 heterocycles. The fraction of sp³-hybridized carbons (Fsp3) is 0.375. The fourth-order valence-corrected chi connectivity index (χ4v) is 2.56.